The number of sulfonamides is 1. The van der Waals surface area contributed by atoms with Crippen LogP contribution in [0.3, 0.4) is 0 Å². The van der Waals surface area contributed by atoms with Crippen molar-refractivity contribution in [2.45, 2.75) is 17.9 Å². The van der Waals surface area contributed by atoms with Gasteiger partial charge in [-0.15, -0.1) is 0 Å². The van der Waals surface area contributed by atoms with Crippen molar-refractivity contribution in [3.63, 3.8) is 0 Å². The lowest BCUT2D eigenvalue weighted by molar-refractivity contribution is 0.182. The normalized spacial score (nSPS) is 18.5. The monoisotopic (exact) mass is 391 g/mol. The van der Waals surface area contributed by atoms with Crippen molar-refractivity contribution < 1.29 is 8.42 Å². The Morgan fingerprint density at radius 3 is 2.58 bits per heavy atom. The number of hydrogen-bond acceptors (Lipinski definition) is 4. The molecule has 2 aliphatic rings. The molecule has 2 aromatic rings. The number of fused-ring (bicyclic) bond motifs is 1. The summed E-state index contributed by atoms with van der Waals surface area (Å²) in [5.74, 6) is 0. The summed E-state index contributed by atoms with van der Waals surface area (Å²) < 4.78 is 27.2. The third kappa shape index (κ3) is 3.47. The Hall–Kier alpha value is -1.60. The van der Waals surface area contributed by atoms with Gasteiger partial charge in [0.25, 0.3) is 0 Å². The molecule has 2 aliphatic heterocycles. The summed E-state index contributed by atoms with van der Waals surface area (Å²) in [5, 5.41) is 3.91. The van der Waals surface area contributed by atoms with Gasteiger partial charge in [-0.1, -0.05) is 35.9 Å². The fourth-order valence-electron chi connectivity index (χ4n) is 3.69. The fourth-order valence-corrected chi connectivity index (χ4v) is 5.41. The first-order valence-electron chi connectivity index (χ1n) is 8.87. The Labute approximate surface area is 159 Å². The summed E-state index contributed by atoms with van der Waals surface area (Å²) in [7, 11) is -3.48. The van der Waals surface area contributed by atoms with Crippen LogP contribution in [0.25, 0.3) is 0 Å². The van der Waals surface area contributed by atoms with E-state index in [1.54, 1.807) is 22.5 Å². The van der Waals surface area contributed by atoms with Crippen LogP contribution in [0.5, 0.6) is 0 Å². The van der Waals surface area contributed by atoms with E-state index in [2.05, 4.69) is 28.4 Å². The van der Waals surface area contributed by atoms with Crippen molar-refractivity contribution in [3.05, 3.63) is 58.6 Å². The van der Waals surface area contributed by atoms with Crippen LogP contribution in [-0.2, 0) is 23.0 Å². The number of halogens is 1. The van der Waals surface area contributed by atoms with E-state index in [4.69, 9.17) is 11.6 Å². The van der Waals surface area contributed by atoms with Crippen molar-refractivity contribution in [2.75, 3.05) is 38.0 Å². The van der Waals surface area contributed by atoms with Gasteiger partial charge >= 0.3 is 0 Å². The third-order valence-corrected chi connectivity index (χ3v) is 7.22. The number of nitrogens with zero attached hydrogens (tertiary/aromatic N) is 2. The zero-order chi connectivity index (χ0) is 18.1. The van der Waals surface area contributed by atoms with E-state index in [1.807, 2.05) is 0 Å². The molecule has 0 amide bonds. The zero-order valence-corrected chi connectivity index (χ0v) is 16.1. The predicted octanol–water partition coefficient (Wildman–Crippen LogP) is 2.81. The van der Waals surface area contributed by atoms with Crippen molar-refractivity contribution in [1.82, 2.24) is 9.21 Å². The molecule has 4 rings (SSSR count). The molecule has 1 N–H and O–H groups in total. The average Bonchev–Trinajstić information content (AvgIpc) is 3.12. The Morgan fingerprint density at radius 2 is 1.81 bits per heavy atom. The van der Waals surface area contributed by atoms with Gasteiger partial charge < -0.3 is 5.32 Å². The smallest absolute Gasteiger partial charge is 0.243 e. The minimum absolute atomic E-state index is 0.267. The molecule has 1 fully saturated rings. The molecule has 0 bridgehead atoms. The highest BCUT2D eigenvalue weighted by Crippen LogP contribution is 2.28. The van der Waals surface area contributed by atoms with Gasteiger partial charge in [0.05, 0.1) is 4.90 Å². The molecule has 2 heterocycles. The van der Waals surface area contributed by atoms with E-state index < -0.39 is 10.0 Å². The summed E-state index contributed by atoms with van der Waals surface area (Å²) in [6, 6.07) is 12.9. The van der Waals surface area contributed by atoms with E-state index in [0.29, 0.717) is 18.1 Å². The molecule has 1 saturated heterocycles. The SMILES string of the molecule is O=S(=O)(c1cccc(Cl)c1)N1CCN(Cc2cccc3c2NCC3)CC1. The van der Waals surface area contributed by atoms with E-state index in [0.717, 1.165) is 32.6 Å². The molecule has 0 aromatic heterocycles. The van der Waals surface area contributed by atoms with Gasteiger partial charge in [0.15, 0.2) is 0 Å². The number of nitrogens with one attached hydrogen (secondary N) is 1. The van der Waals surface area contributed by atoms with E-state index in [1.165, 1.54) is 22.9 Å². The van der Waals surface area contributed by atoms with Crippen molar-refractivity contribution in [3.8, 4) is 0 Å². The Balaban J connectivity index is 1.42. The highest BCUT2D eigenvalue weighted by Gasteiger charge is 2.29. The second-order valence-electron chi connectivity index (χ2n) is 6.77. The minimum atomic E-state index is -3.48. The molecule has 26 heavy (non-hydrogen) atoms. The van der Waals surface area contributed by atoms with Crippen LogP contribution in [0.15, 0.2) is 47.4 Å². The molecule has 5 nitrogen and oxygen atoms in total. The molecular formula is C19H22ClN3O2S. The van der Waals surface area contributed by atoms with Gasteiger partial charge in [-0.25, -0.2) is 8.42 Å². The molecule has 0 radical (unpaired) electrons. The molecule has 7 heteroatoms. The largest absolute Gasteiger partial charge is 0.384 e. The van der Waals surface area contributed by atoms with E-state index in [-0.39, 0.29) is 4.90 Å². The molecule has 138 valence electrons. The van der Waals surface area contributed by atoms with Crippen LogP contribution in [0, 0.1) is 0 Å². The molecule has 0 unspecified atom stereocenters. The third-order valence-electron chi connectivity index (χ3n) is 5.09. The lowest BCUT2D eigenvalue weighted by Crippen LogP contribution is -2.48. The summed E-state index contributed by atoms with van der Waals surface area (Å²) in [6.45, 7) is 4.29. The van der Waals surface area contributed by atoms with Gasteiger partial charge in [0.2, 0.25) is 10.0 Å². The maximum atomic E-state index is 12.8. The molecule has 0 spiro atoms. The number of hydrogen-bond donors (Lipinski definition) is 1. The lowest BCUT2D eigenvalue weighted by atomic mass is 10.1. The molecule has 0 saturated carbocycles. The molecule has 0 aliphatic carbocycles. The predicted molar refractivity (Wildman–Crippen MR) is 104 cm³/mol. The molecule has 2 aromatic carbocycles. The average molecular weight is 392 g/mol. The Morgan fingerprint density at radius 1 is 1.04 bits per heavy atom. The Bertz CT molecular complexity index is 909. The van der Waals surface area contributed by atoms with Crippen LogP contribution in [0.2, 0.25) is 5.02 Å². The first kappa shape index (κ1) is 17.8. The Kier molecular flexibility index (Phi) is 4.92. The second-order valence-corrected chi connectivity index (χ2v) is 9.14. The van der Waals surface area contributed by atoms with Crippen LogP contribution in [0.4, 0.5) is 5.69 Å². The van der Waals surface area contributed by atoms with Crippen LogP contribution < -0.4 is 5.32 Å². The second kappa shape index (κ2) is 7.19. The first-order chi connectivity index (χ1) is 12.5. The van der Waals surface area contributed by atoms with Crippen molar-refractivity contribution >= 4 is 27.3 Å². The van der Waals surface area contributed by atoms with Crippen molar-refractivity contribution in [1.29, 1.82) is 0 Å². The van der Waals surface area contributed by atoms with Gasteiger partial charge in [0, 0.05) is 50.0 Å². The summed E-state index contributed by atoms with van der Waals surface area (Å²) >= 11 is 5.95. The number of anilines is 1. The van der Waals surface area contributed by atoms with Crippen LogP contribution in [-0.4, -0.2) is 50.3 Å². The topological polar surface area (TPSA) is 52.7 Å². The van der Waals surface area contributed by atoms with Crippen molar-refractivity contribution in [2.24, 2.45) is 0 Å². The van der Waals surface area contributed by atoms with Gasteiger partial charge in [0.1, 0.15) is 0 Å². The van der Waals surface area contributed by atoms with Gasteiger partial charge in [-0.3, -0.25) is 4.90 Å². The minimum Gasteiger partial charge on any atom is -0.384 e. The molecular weight excluding hydrogens is 370 g/mol. The summed E-state index contributed by atoms with van der Waals surface area (Å²) in [5.41, 5.74) is 3.94. The zero-order valence-electron chi connectivity index (χ0n) is 14.5. The fraction of sp³-hybridized carbons (Fsp3) is 0.368. The quantitative estimate of drug-likeness (QED) is 0.870. The van der Waals surface area contributed by atoms with E-state index in [9.17, 15) is 8.42 Å². The van der Waals surface area contributed by atoms with E-state index >= 15 is 0 Å². The maximum Gasteiger partial charge on any atom is 0.243 e. The highest BCUT2D eigenvalue weighted by atomic mass is 35.5. The van der Waals surface area contributed by atoms with Gasteiger partial charge in [-0.05, 0) is 35.7 Å². The number of para-hydroxylation sites is 1. The highest BCUT2D eigenvalue weighted by molar-refractivity contribution is 7.89. The number of rotatable bonds is 4. The molecule has 0 atom stereocenters. The summed E-state index contributed by atoms with van der Waals surface area (Å²) in [6.07, 6.45) is 1.08. The summed E-state index contributed by atoms with van der Waals surface area (Å²) in [4.78, 5) is 2.59. The van der Waals surface area contributed by atoms with Crippen LogP contribution in [0.1, 0.15) is 11.1 Å². The number of piperazine rings is 1. The van der Waals surface area contributed by atoms with Crippen LogP contribution >= 0.6 is 11.6 Å². The maximum absolute atomic E-state index is 12.8. The number of benzene rings is 2. The standard InChI is InChI=1S/C19H22ClN3O2S/c20-17-5-2-6-18(13-17)26(24,25)23-11-9-22(10-12-23)14-16-4-1-3-15-7-8-21-19(15)16/h1-6,13,21H,7-12,14H2. The van der Waals surface area contributed by atoms with Gasteiger partial charge in [-0.2, -0.15) is 4.31 Å². The lowest BCUT2D eigenvalue weighted by Gasteiger charge is -2.34. The first-order valence-corrected chi connectivity index (χ1v) is 10.7.